The maximum Gasteiger partial charge on any atom is 0.183 e. The molecular formula is C8H10F2N2O2S. The first kappa shape index (κ1) is 11.7. The van der Waals surface area contributed by atoms with Crippen LogP contribution in [0.15, 0.2) is 11.0 Å². The Morgan fingerprint density at radius 1 is 1.33 bits per heavy atom. The summed E-state index contributed by atoms with van der Waals surface area (Å²) in [5.41, 5.74) is 8.96. The number of hydrogen-bond acceptors (Lipinski definition) is 4. The predicted octanol–water partition coefficient (Wildman–Crippen LogP) is 0.923. The molecule has 0 heterocycles. The van der Waals surface area contributed by atoms with E-state index >= 15 is 0 Å². The van der Waals surface area contributed by atoms with Gasteiger partial charge in [-0.2, -0.15) is 0 Å². The van der Waals surface area contributed by atoms with E-state index in [0.717, 1.165) is 0 Å². The summed E-state index contributed by atoms with van der Waals surface area (Å²) in [6.07, 6.45) is 0. The van der Waals surface area contributed by atoms with E-state index in [0.29, 0.717) is 6.07 Å². The van der Waals surface area contributed by atoms with Crippen molar-refractivity contribution in [2.75, 3.05) is 17.2 Å². The molecule has 1 aromatic rings. The molecule has 0 fully saturated rings. The van der Waals surface area contributed by atoms with Gasteiger partial charge in [0.15, 0.2) is 21.5 Å². The van der Waals surface area contributed by atoms with Gasteiger partial charge in [0, 0.05) is 6.07 Å². The molecule has 0 aliphatic heterocycles. The second-order valence-electron chi connectivity index (χ2n) is 2.91. The third kappa shape index (κ3) is 1.87. The number of nitrogen functional groups attached to an aromatic ring is 2. The fourth-order valence-electron chi connectivity index (χ4n) is 1.09. The van der Waals surface area contributed by atoms with Crippen LogP contribution in [0.25, 0.3) is 0 Å². The van der Waals surface area contributed by atoms with Crippen molar-refractivity contribution < 1.29 is 17.2 Å². The average molecular weight is 236 g/mol. The van der Waals surface area contributed by atoms with Gasteiger partial charge in [0.2, 0.25) is 0 Å². The van der Waals surface area contributed by atoms with Crippen molar-refractivity contribution in [2.45, 2.75) is 11.8 Å². The molecule has 0 radical (unpaired) electrons. The zero-order valence-corrected chi connectivity index (χ0v) is 8.74. The summed E-state index contributed by atoms with van der Waals surface area (Å²) in [5, 5.41) is 0. The Morgan fingerprint density at radius 2 is 1.87 bits per heavy atom. The number of sulfone groups is 1. The van der Waals surface area contributed by atoms with Crippen LogP contribution in [0.3, 0.4) is 0 Å². The maximum absolute atomic E-state index is 13.4. The lowest BCUT2D eigenvalue weighted by atomic mass is 10.2. The first-order chi connectivity index (χ1) is 6.81. The second-order valence-corrected chi connectivity index (χ2v) is 5.12. The van der Waals surface area contributed by atoms with Gasteiger partial charge in [-0.15, -0.1) is 0 Å². The van der Waals surface area contributed by atoms with Crippen LogP contribution < -0.4 is 11.5 Å². The predicted molar refractivity (Wildman–Crippen MR) is 52.9 cm³/mol. The molecule has 1 rings (SSSR count). The molecule has 7 heteroatoms. The average Bonchev–Trinajstić information content (AvgIpc) is 2.14. The molecule has 0 aliphatic rings. The number of rotatable bonds is 2. The molecule has 0 saturated heterocycles. The minimum Gasteiger partial charge on any atom is -0.397 e. The van der Waals surface area contributed by atoms with Crippen molar-refractivity contribution in [3.8, 4) is 0 Å². The van der Waals surface area contributed by atoms with Crippen LogP contribution in [0.4, 0.5) is 20.2 Å². The lowest BCUT2D eigenvalue weighted by Crippen LogP contribution is -2.12. The highest BCUT2D eigenvalue weighted by Gasteiger charge is 2.24. The number of anilines is 2. The Bertz CT molecular complexity index is 500. The number of benzene rings is 1. The minimum atomic E-state index is -3.85. The van der Waals surface area contributed by atoms with Gasteiger partial charge in [0.05, 0.1) is 11.4 Å². The highest BCUT2D eigenvalue weighted by Crippen LogP contribution is 2.29. The number of halogens is 2. The zero-order valence-electron chi connectivity index (χ0n) is 7.92. The molecule has 4 nitrogen and oxygen atoms in total. The van der Waals surface area contributed by atoms with Gasteiger partial charge in [-0.3, -0.25) is 0 Å². The van der Waals surface area contributed by atoms with Crippen LogP contribution in [-0.2, 0) is 9.84 Å². The van der Waals surface area contributed by atoms with Crippen molar-refractivity contribution in [1.29, 1.82) is 0 Å². The van der Waals surface area contributed by atoms with Gasteiger partial charge in [-0.05, 0) is 0 Å². The van der Waals surface area contributed by atoms with Gasteiger partial charge in [0.25, 0.3) is 0 Å². The summed E-state index contributed by atoms with van der Waals surface area (Å²) >= 11 is 0. The Morgan fingerprint density at radius 3 is 2.33 bits per heavy atom. The Balaban J connectivity index is 3.65. The Kier molecular flexibility index (Phi) is 2.85. The molecule has 0 saturated carbocycles. The van der Waals surface area contributed by atoms with Crippen molar-refractivity contribution in [1.82, 2.24) is 0 Å². The fraction of sp³-hybridized carbons (Fsp3) is 0.250. The van der Waals surface area contributed by atoms with E-state index in [2.05, 4.69) is 0 Å². The highest BCUT2D eigenvalue weighted by molar-refractivity contribution is 7.91. The van der Waals surface area contributed by atoms with E-state index in [4.69, 9.17) is 11.5 Å². The Hall–Kier alpha value is -1.37. The van der Waals surface area contributed by atoms with Crippen LogP contribution in [0.5, 0.6) is 0 Å². The molecule has 0 atom stereocenters. The molecule has 0 bridgehead atoms. The van der Waals surface area contributed by atoms with Crippen LogP contribution >= 0.6 is 0 Å². The summed E-state index contributed by atoms with van der Waals surface area (Å²) < 4.78 is 49.1. The van der Waals surface area contributed by atoms with Crippen molar-refractivity contribution in [3.05, 3.63) is 17.7 Å². The minimum absolute atomic E-state index is 0.334. The van der Waals surface area contributed by atoms with E-state index in [1.54, 1.807) is 0 Å². The molecule has 0 aromatic heterocycles. The summed E-state index contributed by atoms with van der Waals surface area (Å²) in [4.78, 5) is -0.732. The lowest BCUT2D eigenvalue weighted by molar-refractivity contribution is 0.557. The van der Waals surface area contributed by atoms with E-state index in [1.807, 2.05) is 0 Å². The third-order valence-corrected chi connectivity index (χ3v) is 3.73. The highest BCUT2D eigenvalue weighted by atomic mass is 32.2. The molecule has 1 aromatic carbocycles. The van der Waals surface area contributed by atoms with Gasteiger partial charge in [-0.1, -0.05) is 6.92 Å². The molecule has 4 N–H and O–H groups in total. The van der Waals surface area contributed by atoms with Crippen molar-refractivity contribution in [3.63, 3.8) is 0 Å². The molecule has 0 spiro atoms. The van der Waals surface area contributed by atoms with Crippen LogP contribution in [-0.4, -0.2) is 14.2 Å². The van der Waals surface area contributed by atoms with E-state index < -0.39 is 37.7 Å². The summed E-state index contributed by atoms with van der Waals surface area (Å²) in [5.74, 6) is -2.73. The van der Waals surface area contributed by atoms with Crippen LogP contribution in [0, 0.1) is 11.6 Å². The summed E-state index contributed by atoms with van der Waals surface area (Å²) in [6, 6.07) is 0.695. The lowest BCUT2D eigenvalue weighted by Gasteiger charge is -2.09. The monoisotopic (exact) mass is 236 g/mol. The fourth-order valence-corrected chi connectivity index (χ4v) is 2.18. The first-order valence-corrected chi connectivity index (χ1v) is 5.72. The SMILES string of the molecule is CCS(=O)(=O)c1c(N)cc(F)c(N)c1F. The third-order valence-electron chi connectivity index (χ3n) is 1.93. The number of hydrogen-bond donors (Lipinski definition) is 2. The molecular weight excluding hydrogens is 226 g/mol. The van der Waals surface area contributed by atoms with Crippen LogP contribution in [0.1, 0.15) is 6.92 Å². The van der Waals surface area contributed by atoms with Gasteiger partial charge in [-0.25, -0.2) is 17.2 Å². The Labute approximate surface area is 85.8 Å². The van der Waals surface area contributed by atoms with Gasteiger partial charge < -0.3 is 11.5 Å². The number of nitrogens with two attached hydrogens (primary N) is 2. The maximum atomic E-state index is 13.4. The topological polar surface area (TPSA) is 86.2 Å². The van der Waals surface area contributed by atoms with E-state index in [1.165, 1.54) is 6.92 Å². The van der Waals surface area contributed by atoms with Gasteiger partial charge >= 0.3 is 0 Å². The molecule has 15 heavy (non-hydrogen) atoms. The van der Waals surface area contributed by atoms with Crippen molar-refractivity contribution in [2.24, 2.45) is 0 Å². The smallest absolute Gasteiger partial charge is 0.183 e. The molecule has 0 aliphatic carbocycles. The summed E-state index contributed by atoms with van der Waals surface area (Å²) in [6.45, 7) is 1.33. The second kappa shape index (κ2) is 3.65. The van der Waals surface area contributed by atoms with Gasteiger partial charge in [0.1, 0.15) is 10.6 Å². The molecule has 0 amide bonds. The summed E-state index contributed by atoms with van der Waals surface area (Å²) in [7, 11) is -3.85. The van der Waals surface area contributed by atoms with E-state index in [9.17, 15) is 17.2 Å². The van der Waals surface area contributed by atoms with Crippen molar-refractivity contribution >= 4 is 21.2 Å². The quantitative estimate of drug-likeness (QED) is 0.590. The largest absolute Gasteiger partial charge is 0.397 e. The molecule has 84 valence electrons. The van der Waals surface area contributed by atoms with E-state index in [-0.39, 0.29) is 5.75 Å². The normalized spacial score (nSPS) is 11.7. The molecule has 0 unspecified atom stereocenters. The van der Waals surface area contributed by atoms with Crippen LogP contribution in [0.2, 0.25) is 0 Å². The standard InChI is InChI=1S/C8H10F2N2O2S/c1-2-15(13,14)8-5(11)3-4(9)7(12)6(8)10/h3H,2,11-12H2,1H3. The first-order valence-electron chi connectivity index (χ1n) is 4.07. The zero-order chi connectivity index (χ0) is 11.8.